The maximum atomic E-state index is 12.9. The Morgan fingerprint density at radius 2 is 1.43 bits per heavy atom. The zero-order chi connectivity index (χ0) is 33.7. The molecule has 0 spiro atoms. The number of aliphatic carboxylic acids is 2. The number of carboxylic acids is 2. The fourth-order valence-corrected chi connectivity index (χ4v) is 3.36. The molecular formula is C26H29F6N5O7. The van der Waals surface area contributed by atoms with Crippen molar-refractivity contribution in [1.29, 1.82) is 0 Å². The number of fused-ring (bicyclic) bond motifs is 1. The monoisotopic (exact) mass is 637 g/mol. The number of methoxy groups -OCH3 is 2. The number of hydrogen-bond donors (Lipinski definition) is 5. The third-order valence-corrected chi connectivity index (χ3v) is 5.34. The fraction of sp³-hybridized carbons (Fsp3) is 0.346. The topological polar surface area (TPSA) is 199 Å². The van der Waals surface area contributed by atoms with Gasteiger partial charge >= 0.3 is 24.3 Å². The molecule has 0 radical (unpaired) electrons. The highest BCUT2D eigenvalue weighted by atomic mass is 19.4. The number of benzodiazepines with no additional fused rings is 1. The van der Waals surface area contributed by atoms with Crippen molar-refractivity contribution in [3.05, 3.63) is 53.6 Å². The first-order valence-corrected chi connectivity index (χ1v) is 12.3. The van der Waals surface area contributed by atoms with Gasteiger partial charge in [-0.1, -0.05) is 30.3 Å². The predicted octanol–water partition coefficient (Wildman–Crippen LogP) is 3.57. The Morgan fingerprint density at radius 1 is 0.932 bits per heavy atom. The maximum Gasteiger partial charge on any atom is 0.490 e. The molecule has 1 amide bonds. The summed E-state index contributed by atoms with van der Waals surface area (Å²) in [4.78, 5) is 39.6. The molecule has 1 aliphatic rings. The number of hydrogen-bond acceptors (Lipinski definition) is 7. The molecule has 2 aromatic rings. The highest BCUT2D eigenvalue weighted by Crippen LogP contribution is 2.36. The van der Waals surface area contributed by atoms with E-state index >= 15 is 0 Å². The summed E-state index contributed by atoms with van der Waals surface area (Å²) in [6.07, 6.45) is -8.04. The van der Waals surface area contributed by atoms with Crippen molar-refractivity contribution in [2.75, 3.05) is 26.1 Å². The van der Waals surface area contributed by atoms with Gasteiger partial charge in [0.15, 0.2) is 17.5 Å². The van der Waals surface area contributed by atoms with E-state index in [0.717, 1.165) is 29.7 Å². The summed E-state index contributed by atoms with van der Waals surface area (Å²) in [6.45, 7) is 0.528. The van der Waals surface area contributed by atoms with Crippen LogP contribution in [-0.2, 0) is 14.4 Å². The number of alkyl halides is 6. The number of ether oxygens (including phenoxy) is 2. The van der Waals surface area contributed by atoms with Gasteiger partial charge in [0, 0.05) is 23.7 Å². The quantitative estimate of drug-likeness (QED) is 0.124. The molecule has 1 aliphatic heterocycles. The standard InChI is InChI=1S/C22H27N5O3.2C2HF3O2/c1-29-18-12-15-17(13-19(18)30-2)27-21(28)16(10-6-7-11-25-22(23)24)26-20(15)14-8-4-3-5-9-14;2*3-2(4,5)1(6)7/h3-5,8-9,12-13,16H,6-7,10-11H2,1-2H3,(H,27,28)(H4,23,24,25);2*(H,6,7)/t16-;;/m0../s1. The lowest BCUT2D eigenvalue weighted by Gasteiger charge is -2.15. The van der Waals surface area contributed by atoms with Crippen molar-refractivity contribution < 1.29 is 60.4 Å². The number of carbonyl (C=O) groups is 3. The number of halogens is 6. The van der Waals surface area contributed by atoms with Crippen LogP contribution in [0.1, 0.15) is 30.4 Å². The van der Waals surface area contributed by atoms with Crippen molar-refractivity contribution in [1.82, 2.24) is 0 Å². The average molecular weight is 638 g/mol. The molecule has 0 saturated carbocycles. The highest BCUT2D eigenvalue weighted by molar-refractivity contribution is 6.20. The minimum Gasteiger partial charge on any atom is -0.493 e. The van der Waals surface area contributed by atoms with Gasteiger partial charge in [0.1, 0.15) is 6.04 Å². The summed E-state index contributed by atoms with van der Waals surface area (Å²) in [5.74, 6) is -4.48. The van der Waals surface area contributed by atoms with Gasteiger partial charge in [-0.05, 0) is 25.3 Å². The molecule has 0 fully saturated rings. The second kappa shape index (κ2) is 16.6. The Morgan fingerprint density at radius 3 is 1.89 bits per heavy atom. The molecular weight excluding hydrogens is 608 g/mol. The second-order valence-electron chi connectivity index (χ2n) is 8.51. The van der Waals surface area contributed by atoms with E-state index in [2.05, 4.69) is 10.3 Å². The molecule has 44 heavy (non-hydrogen) atoms. The molecule has 12 nitrogen and oxygen atoms in total. The number of nitrogens with one attached hydrogen (secondary N) is 1. The molecule has 0 bridgehead atoms. The lowest BCUT2D eigenvalue weighted by molar-refractivity contribution is -0.193. The number of amides is 1. The van der Waals surface area contributed by atoms with Crippen LogP contribution < -0.4 is 26.3 Å². The van der Waals surface area contributed by atoms with Crippen molar-refractivity contribution in [2.24, 2.45) is 21.5 Å². The Bertz CT molecular complexity index is 1320. The molecule has 0 aromatic heterocycles. The van der Waals surface area contributed by atoms with E-state index in [-0.39, 0.29) is 11.9 Å². The van der Waals surface area contributed by atoms with Crippen molar-refractivity contribution >= 4 is 35.2 Å². The largest absolute Gasteiger partial charge is 0.493 e. The number of aliphatic imine (C=N–C) groups is 2. The van der Waals surface area contributed by atoms with Crippen LogP contribution in [-0.4, -0.2) is 78.9 Å². The third kappa shape index (κ3) is 12.1. The van der Waals surface area contributed by atoms with Crippen LogP contribution in [0, 0.1) is 0 Å². The molecule has 1 atom stereocenters. The Hall–Kier alpha value is -5.03. The number of nitrogens with two attached hydrogens (primary N) is 2. The van der Waals surface area contributed by atoms with Crippen LogP contribution in [0.25, 0.3) is 0 Å². The highest BCUT2D eigenvalue weighted by Gasteiger charge is 2.39. The first kappa shape index (κ1) is 37.0. The molecule has 0 unspecified atom stereocenters. The van der Waals surface area contributed by atoms with E-state index in [1.54, 1.807) is 20.3 Å². The zero-order valence-corrected chi connectivity index (χ0v) is 23.2. The number of guanidine groups is 1. The molecule has 242 valence electrons. The number of unbranched alkanes of at least 4 members (excludes halogenated alkanes) is 1. The van der Waals surface area contributed by atoms with Gasteiger partial charge in [-0.25, -0.2) is 9.59 Å². The van der Waals surface area contributed by atoms with Crippen molar-refractivity contribution in [2.45, 2.75) is 37.7 Å². The summed E-state index contributed by atoms with van der Waals surface area (Å²) in [7, 11) is 3.15. The Kier molecular flexibility index (Phi) is 13.9. The number of rotatable bonds is 8. The number of benzene rings is 2. The molecule has 18 heteroatoms. The van der Waals surface area contributed by atoms with Crippen LogP contribution in [0.5, 0.6) is 11.5 Å². The maximum absolute atomic E-state index is 12.9. The van der Waals surface area contributed by atoms with Crippen LogP contribution >= 0.6 is 0 Å². The number of carbonyl (C=O) groups excluding carboxylic acids is 1. The summed E-state index contributed by atoms with van der Waals surface area (Å²) in [6, 6.07) is 12.9. The van der Waals surface area contributed by atoms with Gasteiger partial charge in [0.2, 0.25) is 5.91 Å². The first-order valence-electron chi connectivity index (χ1n) is 12.3. The van der Waals surface area contributed by atoms with E-state index in [1.165, 1.54) is 0 Å². The summed E-state index contributed by atoms with van der Waals surface area (Å²) in [5, 5.41) is 17.3. The molecule has 7 N–H and O–H groups in total. The fourth-order valence-electron chi connectivity index (χ4n) is 3.36. The van der Waals surface area contributed by atoms with E-state index in [4.69, 9.17) is 45.7 Å². The summed E-state index contributed by atoms with van der Waals surface area (Å²) in [5.41, 5.74) is 13.8. The number of anilines is 1. The molecule has 0 aliphatic carbocycles. The normalized spacial score (nSPS) is 14.0. The Balaban J connectivity index is 0.000000574. The van der Waals surface area contributed by atoms with Gasteiger partial charge in [-0.3, -0.25) is 14.8 Å². The summed E-state index contributed by atoms with van der Waals surface area (Å²) < 4.78 is 74.3. The molecule has 3 rings (SSSR count). The smallest absolute Gasteiger partial charge is 0.490 e. The van der Waals surface area contributed by atoms with Gasteiger partial charge in [-0.2, -0.15) is 26.3 Å². The SMILES string of the molecule is COc1cc2c(cc1OC)C(c1ccccc1)=N[C@@H](CCCCN=C(N)N)C(=O)N2.O=C(O)C(F)(F)F.O=C(O)C(F)(F)F. The van der Waals surface area contributed by atoms with Crippen molar-refractivity contribution in [3.8, 4) is 11.5 Å². The van der Waals surface area contributed by atoms with Gasteiger partial charge in [0.25, 0.3) is 0 Å². The first-order chi connectivity index (χ1) is 20.4. The molecule has 0 saturated heterocycles. The van der Waals surface area contributed by atoms with Crippen molar-refractivity contribution in [3.63, 3.8) is 0 Å². The average Bonchev–Trinajstić information content (AvgIpc) is 3.07. The van der Waals surface area contributed by atoms with E-state index in [1.807, 2.05) is 36.4 Å². The lowest BCUT2D eigenvalue weighted by atomic mass is 9.99. The van der Waals surface area contributed by atoms with Crippen LogP contribution in [0.3, 0.4) is 0 Å². The predicted molar refractivity (Wildman–Crippen MR) is 146 cm³/mol. The van der Waals surface area contributed by atoms with Crippen LogP contribution in [0.2, 0.25) is 0 Å². The van der Waals surface area contributed by atoms with Crippen LogP contribution in [0.4, 0.5) is 32.0 Å². The molecule has 2 aromatic carbocycles. The number of carboxylic acid groups (broad SMARTS) is 2. The van der Waals surface area contributed by atoms with Crippen LogP contribution in [0.15, 0.2) is 52.4 Å². The van der Waals surface area contributed by atoms with E-state index in [9.17, 15) is 31.1 Å². The number of nitrogens with zero attached hydrogens (tertiary/aromatic N) is 2. The van der Waals surface area contributed by atoms with Gasteiger partial charge in [0.05, 0.1) is 25.6 Å². The molecule has 1 heterocycles. The minimum absolute atomic E-state index is 0.0740. The third-order valence-electron chi connectivity index (χ3n) is 5.34. The Labute approximate surface area is 246 Å². The minimum atomic E-state index is -5.08. The van der Waals surface area contributed by atoms with Gasteiger partial charge < -0.3 is 36.5 Å². The summed E-state index contributed by atoms with van der Waals surface area (Å²) >= 11 is 0. The van der Waals surface area contributed by atoms with E-state index < -0.39 is 30.3 Å². The zero-order valence-electron chi connectivity index (χ0n) is 23.2. The second-order valence-corrected chi connectivity index (χ2v) is 8.51. The van der Waals surface area contributed by atoms with E-state index in [0.29, 0.717) is 30.2 Å². The lowest BCUT2D eigenvalue weighted by Crippen LogP contribution is -2.25. The van der Waals surface area contributed by atoms with Gasteiger partial charge in [-0.15, -0.1) is 0 Å².